The van der Waals surface area contributed by atoms with Crippen LogP contribution in [0.1, 0.15) is 43.8 Å². The van der Waals surface area contributed by atoms with Crippen molar-refractivity contribution in [1.29, 1.82) is 0 Å². The van der Waals surface area contributed by atoms with Gasteiger partial charge in [0.05, 0.1) is 6.33 Å². The molecule has 1 aliphatic carbocycles. The van der Waals surface area contributed by atoms with Gasteiger partial charge in [0.2, 0.25) is 11.7 Å². The molecule has 30 heavy (non-hydrogen) atoms. The lowest BCUT2D eigenvalue weighted by Gasteiger charge is -2.21. The average Bonchev–Trinajstić information content (AvgIpc) is 3.48. The molecule has 1 saturated carbocycles. The maximum absolute atomic E-state index is 13.0. The second-order valence-electron chi connectivity index (χ2n) is 7.26. The molecular weight excluding hydrogens is 401 g/mol. The standard InChI is InChI=1S/C18H19F3N8O/c19-18(20,21)14-9-29(10-23-14)13(7-11-3-1-2-4-11)17(30)24-15-6-5-12(8-22-15)16-25-27-28-26-16/h5-6,8-11,13H,1-4,7H2,(H,22,24,30)(H,25,26,27,28)/t13-/m0/s1. The number of halogens is 3. The normalized spacial score (nSPS) is 16.0. The Hall–Kier alpha value is -3.31. The van der Waals surface area contributed by atoms with Crippen molar-refractivity contribution in [2.24, 2.45) is 5.92 Å². The predicted molar refractivity (Wildman–Crippen MR) is 98.9 cm³/mol. The molecule has 0 unspecified atom stereocenters. The van der Waals surface area contributed by atoms with Gasteiger partial charge in [0.15, 0.2) is 5.69 Å². The monoisotopic (exact) mass is 420 g/mol. The third kappa shape index (κ3) is 4.47. The molecule has 0 aliphatic heterocycles. The maximum atomic E-state index is 13.0. The van der Waals surface area contributed by atoms with E-state index in [2.05, 4.69) is 35.9 Å². The number of aromatic amines is 1. The Kier molecular flexibility index (Phi) is 5.46. The zero-order chi connectivity index (χ0) is 21.1. The second kappa shape index (κ2) is 8.20. The molecule has 0 bridgehead atoms. The minimum atomic E-state index is -4.56. The maximum Gasteiger partial charge on any atom is 0.434 e. The first-order valence-corrected chi connectivity index (χ1v) is 9.51. The van der Waals surface area contributed by atoms with Gasteiger partial charge in [0.25, 0.3) is 0 Å². The van der Waals surface area contributed by atoms with Crippen molar-refractivity contribution in [1.82, 2.24) is 35.2 Å². The third-order valence-corrected chi connectivity index (χ3v) is 5.20. The van der Waals surface area contributed by atoms with Gasteiger partial charge in [-0.2, -0.15) is 18.4 Å². The van der Waals surface area contributed by atoms with Gasteiger partial charge in [0.1, 0.15) is 11.9 Å². The molecule has 0 spiro atoms. The number of tetrazole rings is 1. The quantitative estimate of drug-likeness (QED) is 0.633. The van der Waals surface area contributed by atoms with Crippen LogP contribution < -0.4 is 5.32 Å². The molecule has 3 aromatic rings. The fourth-order valence-electron chi connectivity index (χ4n) is 3.67. The lowest BCUT2D eigenvalue weighted by Crippen LogP contribution is -2.27. The Morgan fingerprint density at radius 2 is 2.07 bits per heavy atom. The molecule has 158 valence electrons. The number of hydrogen-bond acceptors (Lipinski definition) is 6. The van der Waals surface area contributed by atoms with E-state index in [1.165, 1.54) is 10.8 Å². The summed E-state index contributed by atoms with van der Waals surface area (Å²) < 4.78 is 40.1. The van der Waals surface area contributed by atoms with Crippen molar-refractivity contribution in [3.05, 3.63) is 36.5 Å². The van der Waals surface area contributed by atoms with Crippen molar-refractivity contribution in [3.63, 3.8) is 0 Å². The Morgan fingerprint density at radius 3 is 2.67 bits per heavy atom. The number of amides is 1. The van der Waals surface area contributed by atoms with Gasteiger partial charge >= 0.3 is 6.18 Å². The third-order valence-electron chi connectivity index (χ3n) is 5.20. The van der Waals surface area contributed by atoms with Crippen molar-refractivity contribution in [2.75, 3.05) is 5.32 Å². The van der Waals surface area contributed by atoms with E-state index in [-0.39, 0.29) is 11.7 Å². The molecule has 1 fully saturated rings. The summed E-state index contributed by atoms with van der Waals surface area (Å²) in [4.78, 5) is 20.6. The van der Waals surface area contributed by atoms with Crippen LogP contribution in [-0.2, 0) is 11.0 Å². The Balaban J connectivity index is 1.52. The zero-order valence-electron chi connectivity index (χ0n) is 15.8. The molecule has 12 heteroatoms. The molecular formula is C18H19F3N8O. The highest BCUT2D eigenvalue weighted by Gasteiger charge is 2.35. The van der Waals surface area contributed by atoms with Crippen molar-refractivity contribution in [2.45, 2.75) is 44.3 Å². The lowest BCUT2D eigenvalue weighted by molar-refractivity contribution is -0.141. The minimum absolute atomic E-state index is 0.278. The van der Waals surface area contributed by atoms with E-state index in [0.717, 1.165) is 38.2 Å². The van der Waals surface area contributed by atoms with Crippen LogP contribution in [0, 0.1) is 5.92 Å². The molecule has 0 aromatic carbocycles. The highest BCUT2D eigenvalue weighted by atomic mass is 19.4. The summed E-state index contributed by atoms with van der Waals surface area (Å²) in [7, 11) is 0. The molecule has 3 aromatic heterocycles. The number of alkyl halides is 3. The molecule has 1 atom stereocenters. The number of nitrogens with zero attached hydrogens (tertiary/aromatic N) is 6. The van der Waals surface area contributed by atoms with Crippen LogP contribution in [0.2, 0.25) is 0 Å². The van der Waals surface area contributed by atoms with Gasteiger partial charge in [-0.3, -0.25) is 4.79 Å². The van der Waals surface area contributed by atoms with Crippen LogP contribution >= 0.6 is 0 Å². The van der Waals surface area contributed by atoms with Crippen LogP contribution in [0.25, 0.3) is 11.4 Å². The smallest absolute Gasteiger partial charge is 0.324 e. The number of rotatable bonds is 6. The average molecular weight is 420 g/mol. The van der Waals surface area contributed by atoms with E-state index in [1.807, 2.05) is 0 Å². The number of anilines is 1. The number of H-pyrrole nitrogens is 1. The van der Waals surface area contributed by atoms with Crippen LogP contribution in [0.4, 0.5) is 19.0 Å². The van der Waals surface area contributed by atoms with Gasteiger partial charge in [-0.05, 0) is 29.7 Å². The van der Waals surface area contributed by atoms with Crippen LogP contribution in [0.5, 0.6) is 0 Å². The number of carbonyl (C=O) groups is 1. The Morgan fingerprint density at radius 1 is 1.27 bits per heavy atom. The number of aromatic nitrogens is 7. The molecule has 2 N–H and O–H groups in total. The molecule has 1 aliphatic rings. The first kappa shape index (κ1) is 20.0. The van der Waals surface area contributed by atoms with Gasteiger partial charge in [-0.15, -0.1) is 10.2 Å². The zero-order valence-corrected chi connectivity index (χ0v) is 15.8. The Bertz CT molecular complexity index is 978. The van der Waals surface area contributed by atoms with E-state index in [4.69, 9.17) is 0 Å². The SMILES string of the molecule is O=C(Nc1ccc(-c2nn[nH]n2)cn1)[C@H](CC1CCCC1)n1cnc(C(F)(F)F)c1. The number of carbonyl (C=O) groups excluding carboxylic acids is 1. The van der Waals surface area contributed by atoms with Crippen LogP contribution in [-0.4, -0.2) is 41.1 Å². The lowest BCUT2D eigenvalue weighted by atomic mass is 9.97. The number of imidazole rings is 1. The summed E-state index contributed by atoms with van der Waals surface area (Å²) >= 11 is 0. The molecule has 9 nitrogen and oxygen atoms in total. The topological polar surface area (TPSA) is 114 Å². The largest absolute Gasteiger partial charge is 0.434 e. The fraction of sp³-hybridized carbons (Fsp3) is 0.444. The van der Waals surface area contributed by atoms with E-state index >= 15 is 0 Å². The predicted octanol–water partition coefficient (Wildman–Crippen LogP) is 3.24. The highest BCUT2D eigenvalue weighted by Crippen LogP contribution is 2.34. The van der Waals surface area contributed by atoms with Gasteiger partial charge < -0.3 is 9.88 Å². The fourth-order valence-corrected chi connectivity index (χ4v) is 3.67. The van der Waals surface area contributed by atoms with E-state index in [9.17, 15) is 18.0 Å². The van der Waals surface area contributed by atoms with Crippen molar-refractivity contribution in [3.8, 4) is 11.4 Å². The highest BCUT2D eigenvalue weighted by molar-refractivity contribution is 5.93. The summed E-state index contributed by atoms with van der Waals surface area (Å²) in [6.45, 7) is 0. The summed E-state index contributed by atoms with van der Waals surface area (Å²) in [5, 5.41) is 16.2. The van der Waals surface area contributed by atoms with E-state index in [0.29, 0.717) is 17.8 Å². The minimum Gasteiger partial charge on any atom is -0.324 e. The molecule has 3 heterocycles. The number of hydrogen-bond donors (Lipinski definition) is 2. The van der Waals surface area contributed by atoms with Crippen molar-refractivity contribution >= 4 is 11.7 Å². The van der Waals surface area contributed by atoms with Crippen molar-refractivity contribution < 1.29 is 18.0 Å². The molecule has 0 radical (unpaired) electrons. The Labute approximate surface area is 169 Å². The first-order valence-electron chi connectivity index (χ1n) is 9.51. The van der Waals surface area contributed by atoms with Gasteiger partial charge in [-0.25, -0.2) is 9.97 Å². The summed E-state index contributed by atoms with van der Waals surface area (Å²) in [5.74, 6) is 0.483. The molecule has 1 amide bonds. The molecule has 0 saturated heterocycles. The summed E-state index contributed by atoms with van der Waals surface area (Å²) in [5.41, 5.74) is -0.414. The summed E-state index contributed by atoms with van der Waals surface area (Å²) in [6.07, 6.45) is 3.36. The van der Waals surface area contributed by atoms with Crippen LogP contribution in [0.3, 0.4) is 0 Å². The molecule has 4 rings (SSSR count). The van der Waals surface area contributed by atoms with Gasteiger partial charge in [-0.1, -0.05) is 25.7 Å². The number of nitrogens with one attached hydrogen (secondary N) is 2. The second-order valence-corrected chi connectivity index (χ2v) is 7.26. The van der Waals surface area contributed by atoms with Gasteiger partial charge in [0, 0.05) is 18.0 Å². The van der Waals surface area contributed by atoms with E-state index < -0.39 is 23.8 Å². The first-order chi connectivity index (χ1) is 14.4. The number of pyridine rings is 1. The van der Waals surface area contributed by atoms with Crippen LogP contribution in [0.15, 0.2) is 30.9 Å². The summed E-state index contributed by atoms with van der Waals surface area (Å²) in [6, 6.07) is 2.43. The van der Waals surface area contributed by atoms with E-state index in [1.54, 1.807) is 12.1 Å².